The number of aliphatic hydroxyl groups is 3. The topological polar surface area (TPSA) is 139 Å². The van der Waals surface area contributed by atoms with Crippen LogP contribution in [-0.2, 0) is 14.9 Å². The summed E-state index contributed by atoms with van der Waals surface area (Å²) in [6.45, 7) is -0.134. The molecule has 2 fully saturated rings. The van der Waals surface area contributed by atoms with Crippen molar-refractivity contribution >= 4 is 10.1 Å². The summed E-state index contributed by atoms with van der Waals surface area (Å²) < 4.78 is 37.2. The second-order valence-corrected chi connectivity index (χ2v) is 7.33. The standard InChI is InChI=1S/C12H23NO7S/c14-10-9(6-21(17,18)19)20-12(16,11(10)15)7-13-8-4-2-1-3-5-8/h8-11,13-16H,1-7H2,(H,17,18,19)/p-1/t9-,10+,11+,12?/m1/s1. The van der Waals surface area contributed by atoms with Crippen molar-refractivity contribution in [1.82, 2.24) is 5.32 Å². The van der Waals surface area contributed by atoms with Gasteiger partial charge in [0.25, 0.3) is 0 Å². The van der Waals surface area contributed by atoms with Crippen molar-refractivity contribution < 1.29 is 33.0 Å². The lowest BCUT2D eigenvalue weighted by Gasteiger charge is -2.30. The van der Waals surface area contributed by atoms with Gasteiger partial charge < -0.3 is 29.9 Å². The lowest BCUT2D eigenvalue weighted by molar-refractivity contribution is -0.222. The van der Waals surface area contributed by atoms with Crippen LogP contribution in [0.3, 0.4) is 0 Å². The van der Waals surface area contributed by atoms with Gasteiger partial charge in [-0.15, -0.1) is 0 Å². The molecule has 1 aliphatic heterocycles. The van der Waals surface area contributed by atoms with E-state index in [-0.39, 0.29) is 12.6 Å². The van der Waals surface area contributed by atoms with Gasteiger partial charge in [-0.05, 0) is 12.8 Å². The molecule has 1 unspecified atom stereocenters. The van der Waals surface area contributed by atoms with Gasteiger partial charge in [0.15, 0.2) is 0 Å². The number of ether oxygens (including phenoxy) is 1. The number of hydrogen-bond donors (Lipinski definition) is 4. The lowest BCUT2D eigenvalue weighted by atomic mass is 9.95. The quantitative estimate of drug-likeness (QED) is 0.437. The average Bonchev–Trinajstić information content (AvgIpc) is 2.61. The Balaban J connectivity index is 1.94. The third-order valence-electron chi connectivity index (χ3n) is 4.14. The predicted octanol–water partition coefficient (Wildman–Crippen LogP) is -1.74. The van der Waals surface area contributed by atoms with Crippen molar-refractivity contribution in [3.8, 4) is 0 Å². The highest BCUT2D eigenvalue weighted by atomic mass is 32.2. The number of rotatable bonds is 5. The van der Waals surface area contributed by atoms with E-state index in [4.69, 9.17) is 4.74 Å². The monoisotopic (exact) mass is 324 g/mol. The molecule has 0 aromatic rings. The van der Waals surface area contributed by atoms with Crippen LogP contribution in [0, 0.1) is 0 Å². The zero-order valence-electron chi connectivity index (χ0n) is 11.6. The van der Waals surface area contributed by atoms with E-state index in [0.717, 1.165) is 25.7 Å². The molecule has 21 heavy (non-hydrogen) atoms. The zero-order chi connectivity index (χ0) is 15.7. The van der Waals surface area contributed by atoms with E-state index in [1.807, 2.05) is 0 Å². The van der Waals surface area contributed by atoms with E-state index in [1.54, 1.807) is 0 Å². The van der Waals surface area contributed by atoms with Crippen LogP contribution in [0.5, 0.6) is 0 Å². The minimum absolute atomic E-state index is 0.134. The molecule has 124 valence electrons. The molecule has 0 spiro atoms. The van der Waals surface area contributed by atoms with Crippen LogP contribution >= 0.6 is 0 Å². The molecular weight excluding hydrogens is 302 g/mol. The molecular formula is C12H22NO7S-. The van der Waals surface area contributed by atoms with Crippen LogP contribution in [0.4, 0.5) is 0 Å². The Morgan fingerprint density at radius 2 is 1.86 bits per heavy atom. The molecule has 8 nitrogen and oxygen atoms in total. The SMILES string of the molecule is O=S(=O)([O-])C[C@H]1OC(O)(CNC2CCCCC2)[C@@H](O)[C@H]1O. The van der Waals surface area contributed by atoms with Crippen molar-refractivity contribution in [2.75, 3.05) is 12.3 Å². The summed E-state index contributed by atoms with van der Waals surface area (Å²) in [6, 6.07) is 0.193. The number of nitrogens with one attached hydrogen (secondary N) is 1. The van der Waals surface area contributed by atoms with Crippen LogP contribution in [0.1, 0.15) is 32.1 Å². The molecule has 4 atom stereocenters. The second kappa shape index (κ2) is 6.45. The molecule has 4 N–H and O–H groups in total. The Bertz CT molecular complexity index is 451. The minimum atomic E-state index is -4.63. The molecule has 9 heteroatoms. The Kier molecular flexibility index (Phi) is 5.24. The van der Waals surface area contributed by atoms with E-state index < -0.39 is 40.0 Å². The van der Waals surface area contributed by atoms with E-state index in [9.17, 15) is 28.3 Å². The van der Waals surface area contributed by atoms with Crippen LogP contribution in [-0.4, -0.2) is 70.7 Å². The summed E-state index contributed by atoms with van der Waals surface area (Å²) in [4.78, 5) is 0. The average molecular weight is 324 g/mol. The molecule has 0 aromatic carbocycles. The first-order chi connectivity index (χ1) is 9.71. The van der Waals surface area contributed by atoms with Gasteiger partial charge in [-0.25, -0.2) is 8.42 Å². The fourth-order valence-electron chi connectivity index (χ4n) is 2.95. The summed E-state index contributed by atoms with van der Waals surface area (Å²) in [5, 5.41) is 32.9. The normalized spacial score (nSPS) is 38.8. The molecule has 1 heterocycles. The Hall–Kier alpha value is -0.290. The Morgan fingerprint density at radius 1 is 1.24 bits per heavy atom. The van der Waals surface area contributed by atoms with Crippen molar-refractivity contribution in [1.29, 1.82) is 0 Å². The van der Waals surface area contributed by atoms with Crippen LogP contribution in [0.2, 0.25) is 0 Å². The fraction of sp³-hybridized carbons (Fsp3) is 1.00. The molecule has 0 radical (unpaired) electrons. The molecule has 0 aromatic heterocycles. The van der Waals surface area contributed by atoms with E-state index in [1.165, 1.54) is 6.42 Å². The van der Waals surface area contributed by atoms with Gasteiger partial charge in [-0.3, -0.25) is 0 Å². The molecule has 1 saturated carbocycles. The third-order valence-corrected chi connectivity index (χ3v) is 4.88. The Morgan fingerprint density at radius 3 is 2.43 bits per heavy atom. The third kappa shape index (κ3) is 4.35. The van der Waals surface area contributed by atoms with Gasteiger partial charge >= 0.3 is 0 Å². The first kappa shape index (κ1) is 17.1. The van der Waals surface area contributed by atoms with Gasteiger partial charge in [-0.1, -0.05) is 19.3 Å². The molecule has 0 bridgehead atoms. The molecule has 2 aliphatic rings. The van der Waals surface area contributed by atoms with Gasteiger partial charge in [0.2, 0.25) is 5.79 Å². The van der Waals surface area contributed by atoms with E-state index >= 15 is 0 Å². The Labute approximate surface area is 123 Å². The summed E-state index contributed by atoms with van der Waals surface area (Å²) in [5.74, 6) is -3.08. The van der Waals surface area contributed by atoms with Gasteiger partial charge in [0.05, 0.1) is 22.4 Å². The highest BCUT2D eigenvalue weighted by Gasteiger charge is 2.53. The maximum Gasteiger partial charge on any atom is 0.207 e. The van der Waals surface area contributed by atoms with Crippen LogP contribution < -0.4 is 5.32 Å². The lowest BCUT2D eigenvalue weighted by Crippen LogP contribution is -2.52. The number of aliphatic hydroxyl groups excluding tert-OH is 2. The largest absolute Gasteiger partial charge is 0.748 e. The number of hydrogen-bond acceptors (Lipinski definition) is 8. The summed E-state index contributed by atoms with van der Waals surface area (Å²) in [7, 11) is -4.63. The minimum Gasteiger partial charge on any atom is -0.748 e. The van der Waals surface area contributed by atoms with Gasteiger partial charge in [0.1, 0.15) is 18.3 Å². The summed E-state index contributed by atoms with van der Waals surface area (Å²) >= 11 is 0. The first-order valence-electron chi connectivity index (χ1n) is 7.14. The molecule has 1 saturated heterocycles. The van der Waals surface area contributed by atoms with Gasteiger partial charge in [-0.2, -0.15) is 0 Å². The van der Waals surface area contributed by atoms with Crippen LogP contribution in [0.15, 0.2) is 0 Å². The molecule has 0 amide bonds. The van der Waals surface area contributed by atoms with Crippen molar-refractivity contribution in [2.45, 2.75) is 62.2 Å². The van der Waals surface area contributed by atoms with Crippen molar-refractivity contribution in [3.05, 3.63) is 0 Å². The predicted molar refractivity (Wildman–Crippen MR) is 71.3 cm³/mol. The maximum absolute atomic E-state index is 10.7. The highest BCUT2D eigenvalue weighted by molar-refractivity contribution is 7.85. The van der Waals surface area contributed by atoms with Crippen molar-refractivity contribution in [3.63, 3.8) is 0 Å². The smallest absolute Gasteiger partial charge is 0.207 e. The first-order valence-corrected chi connectivity index (χ1v) is 8.72. The fourth-order valence-corrected chi connectivity index (χ4v) is 3.62. The summed E-state index contributed by atoms with van der Waals surface area (Å²) in [6.07, 6.45) is 0.523. The molecule has 1 aliphatic carbocycles. The van der Waals surface area contributed by atoms with Crippen molar-refractivity contribution in [2.24, 2.45) is 0 Å². The maximum atomic E-state index is 10.7. The van der Waals surface area contributed by atoms with Crippen LogP contribution in [0.25, 0.3) is 0 Å². The van der Waals surface area contributed by atoms with E-state index in [0.29, 0.717) is 0 Å². The summed E-state index contributed by atoms with van der Waals surface area (Å²) in [5.41, 5.74) is 0. The van der Waals surface area contributed by atoms with E-state index in [2.05, 4.69) is 5.32 Å². The molecule has 2 rings (SSSR count). The van der Waals surface area contributed by atoms with Gasteiger partial charge in [0, 0.05) is 6.04 Å². The zero-order valence-corrected chi connectivity index (χ0v) is 12.5. The highest BCUT2D eigenvalue weighted by Crippen LogP contribution is 2.30. The second-order valence-electron chi connectivity index (χ2n) is 5.88.